The summed E-state index contributed by atoms with van der Waals surface area (Å²) in [5.74, 6) is 0. The average Bonchev–Trinajstić information content (AvgIpc) is 2.30. The molecule has 0 heterocycles. The van der Waals surface area contributed by atoms with E-state index < -0.39 is 0 Å². The zero-order valence-corrected chi connectivity index (χ0v) is 10.6. The standard InChI is InChI=1S/C15H11Br/c1-10-4-2-5-12-11(10)8-9-14-13(12)6-3-7-15(14)16/h2-9H,1H3. The normalized spacial score (nSPS) is 11.1. The first-order valence-electron chi connectivity index (χ1n) is 5.34. The molecule has 0 aliphatic rings. The lowest BCUT2D eigenvalue weighted by atomic mass is 9.99. The van der Waals surface area contributed by atoms with Crippen LogP contribution in [0, 0.1) is 6.92 Å². The number of aryl methyl sites for hydroxylation is 1. The fraction of sp³-hybridized carbons (Fsp3) is 0.0667. The molecule has 78 valence electrons. The summed E-state index contributed by atoms with van der Waals surface area (Å²) in [6.45, 7) is 2.16. The van der Waals surface area contributed by atoms with Crippen LogP contribution in [0.5, 0.6) is 0 Å². The number of halogens is 1. The summed E-state index contributed by atoms with van der Waals surface area (Å²) in [5, 5.41) is 5.27. The van der Waals surface area contributed by atoms with Gasteiger partial charge in [0, 0.05) is 4.47 Å². The Morgan fingerprint density at radius 2 is 1.31 bits per heavy atom. The van der Waals surface area contributed by atoms with Gasteiger partial charge in [0.05, 0.1) is 0 Å². The first-order valence-corrected chi connectivity index (χ1v) is 6.13. The van der Waals surface area contributed by atoms with E-state index in [0.29, 0.717) is 0 Å². The second-order valence-electron chi connectivity index (χ2n) is 4.07. The van der Waals surface area contributed by atoms with Crippen molar-refractivity contribution in [2.45, 2.75) is 6.92 Å². The van der Waals surface area contributed by atoms with Gasteiger partial charge in [-0.25, -0.2) is 0 Å². The van der Waals surface area contributed by atoms with Gasteiger partial charge in [-0.1, -0.05) is 58.4 Å². The molecule has 0 aliphatic heterocycles. The summed E-state index contributed by atoms with van der Waals surface area (Å²) in [7, 11) is 0. The van der Waals surface area contributed by atoms with Crippen LogP contribution in [-0.4, -0.2) is 0 Å². The van der Waals surface area contributed by atoms with E-state index in [1.165, 1.54) is 27.1 Å². The van der Waals surface area contributed by atoms with Gasteiger partial charge in [-0.15, -0.1) is 0 Å². The number of hydrogen-bond donors (Lipinski definition) is 0. The highest BCUT2D eigenvalue weighted by atomic mass is 79.9. The molecule has 3 aromatic carbocycles. The van der Waals surface area contributed by atoms with E-state index in [0.717, 1.165) is 4.47 Å². The van der Waals surface area contributed by atoms with Crippen LogP contribution >= 0.6 is 15.9 Å². The molecule has 16 heavy (non-hydrogen) atoms. The highest BCUT2D eigenvalue weighted by molar-refractivity contribution is 9.10. The van der Waals surface area contributed by atoms with Crippen LogP contribution in [0.1, 0.15) is 5.56 Å². The molecule has 0 aliphatic carbocycles. The number of fused-ring (bicyclic) bond motifs is 3. The molecule has 0 saturated heterocycles. The Morgan fingerprint density at radius 1 is 0.688 bits per heavy atom. The highest BCUT2D eigenvalue weighted by Gasteiger charge is 2.03. The zero-order chi connectivity index (χ0) is 11.1. The largest absolute Gasteiger partial charge is 0.0613 e. The maximum atomic E-state index is 3.60. The Kier molecular flexibility index (Phi) is 2.22. The van der Waals surface area contributed by atoms with Gasteiger partial charge in [0.2, 0.25) is 0 Å². The third-order valence-corrected chi connectivity index (χ3v) is 3.78. The van der Waals surface area contributed by atoms with Gasteiger partial charge in [0.1, 0.15) is 0 Å². The fourth-order valence-corrected chi connectivity index (χ4v) is 2.74. The molecule has 3 aromatic rings. The minimum Gasteiger partial charge on any atom is -0.0613 e. The van der Waals surface area contributed by atoms with Gasteiger partial charge in [0.15, 0.2) is 0 Å². The number of rotatable bonds is 0. The quantitative estimate of drug-likeness (QED) is 0.501. The minimum atomic E-state index is 1.16. The van der Waals surface area contributed by atoms with E-state index in [-0.39, 0.29) is 0 Å². The first kappa shape index (κ1) is 9.86. The van der Waals surface area contributed by atoms with E-state index in [1.807, 2.05) is 0 Å². The topological polar surface area (TPSA) is 0 Å². The summed E-state index contributed by atoms with van der Waals surface area (Å²) in [6, 6.07) is 17.2. The second kappa shape index (κ2) is 3.60. The lowest BCUT2D eigenvalue weighted by molar-refractivity contribution is 1.54. The molecule has 0 aromatic heterocycles. The third kappa shape index (κ3) is 1.35. The molecule has 3 rings (SSSR count). The monoisotopic (exact) mass is 270 g/mol. The highest BCUT2D eigenvalue weighted by Crippen LogP contribution is 2.31. The fourth-order valence-electron chi connectivity index (χ4n) is 2.24. The van der Waals surface area contributed by atoms with E-state index >= 15 is 0 Å². The van der Waals surface area contributed by atoms with E-state index in [9.17, 15) is 0 Å². The smallest absolute Gasteiger partial charge is 0.0253 e. The molecule has 0 radical (unpaired) electrons. The SMILES string of the molecule is Cc1cccc2c1ccc1c(Br)cccc12. The van der Waals surface area contributed by atoms with E-state index in [1.54, 1.807) is 0 Å². The summed E-state index contributed by atoms with van der Waals surface area (Å²) in [5.41, 5.74) is 1.33. The van der Waals surface area contributed by atoms with Gasteiger partial charge in [-0.05, 0) is 40.1 Å². The van der Waals surface area contributed by atoms with Crippen LogP contribution < -0.4 is 0 Å². The van der Waals surface area contributed by atoms with Crippen molar-refractivity contribution in [1.29, 1.82) is 0 Å². The van der Waals surface area contributed by atoms with Gasteiger partial charge in [-0.3, -0.25) is 0 Å². The molecule has 0 spiro atoms. The van der Waals surface area contributed by atoms with Crippen LogP contribution in [0.15, 0.2) is 53.0 Å². The maximum Gasteiger partial charge on any atom is 0.0253 e. The summed E-state index contributed by atoms with van der Waals surface area (Å²) < 4.78 is 1.16. The van der Waals surface area contributed by atoms with Gasteiger partial charge < -0.3 is 0 Å². The molecule has 0 unspecified atom stereocenters. The van der Waals surface area contributed by atoms with Crippen LogP contribution in [0.3, 0.4) is 0 Å². The van der Waals surface area contributed by atoms with Crippen molar-refractivity contribution >= 4 is 37.5 Å². The van der Waals surface area contributed by atoms with Crippen LogP contribution in [-0.2, 0) is 0 Å². The molecule has 0 N–H and O–H groups in total. The Labute approximate surface area is 103 Å². The first-order chi connectivity index (χ1) is 7.77. The molecule has 0 bridgehead atoms. The van der Waals surface area contributed by atoms with Gasteiger partial charge in [0.25, 0.3) is 0 Å². The predicted octanol–water partition coefficient (Wildman–Crippen LogP) is 5.06. The molecule has 0 amide bonds. The van der Waals surface area contributed by atoms with E-state index in [2.05, 4.69) is 71.4 Å². The van der Waals surface area contributed by atoms with Crippen molar-refractivity contribution in [3.05, 3.63) is 58.6 Å². The van der Waals surface area contributed by atoms with E-state index in [4.69, 9.17) is 0 Å². The second-order valence-corrected chi connectivity index (χ2v) is 4.92. The lowest BCUT2D eigenvalue weighted by Gasteiger charge is -2.07. The molecule has 1 heteroatoms. The molecule has 0 nitrogen and oxygen atoms in total. The van der Waals surface area contributed by atoms with Crippen molar-refractivity contribution in [3.8, 4) is 0 Å². The molecule has 0 fully saturated rings. The predicted molar refractivity (Wildman–Crippen MR) is 73.9 cm³/mol. The van der Waals surface area contributed by atoms with Crippen molar-refractivity contribution in [1.82, 2.24) is 0 Å². The van der Waals surface area contributed by atoms with Gasteiger partial charge >= 0.3 is 0 Å². The third-order valence-electron chi connectivity index (χ3n) is 3.08. The van der Waals surface area contributed by atoms with Crippen molar-refractivity contribution < 1.29 is 0 Å². The summed E-state index contributed by atoms with van der Waals surface area (Å²) >= 11 is 3.60. The Bertz CT molecular complexity index is 623. The lowest BCUT2D eigenvalue weighted by Crippen LogP contribution is -1.81. The molecule has 0 saturated carbocycles. The number of benzene rings is 3. The minimum absolute atomic E-state index is 1.16. The average molecular weight is 271 g/mol. The van der Waals surface area contributed by atoms with Crippen LogP contribution in [0.25, 0.3) is 21.5 Å². The van der Waals surface area contributed by atoms with Crippen LogP contribution in [0.4, 0.5) is 0 Å². The zero-order valence-electron chi connectivity index (χ0n) is 9.00. The molecule has 0 atom stereocenters. The van der Waals surface area contributed by atoms with Crippen molar-refractivity contribution in [3.63, 3.8) is 0 Å². The number of hydrogen-bond acceptors (Lipinski definition) is 0. The van der Waals surface area contributed by atoms with Crippen LogP contribution in [0.2, 0.25) is 0 Å². The Hall–Kier alpha value is -1.34. The van der Waals surface area contributed by atoms with Gasteiger partial charge in [-0.2, -0.15) is 0 Å². The maximum absolute atomic E-state index is 3.60. The molecular weight excluding hydrogens is 260 g/mol. The van der Waals surface area contributed by atoms with Crippen molar-refractivity contribution in [2.24, 2.45) is 0 Å². The summed E-state index contributed by atoms with van der Waals surface area (Å²) in [4.78, 5) is 0. The van der Waals surface area contributed by atoms with Crippen molar-refractivity contribution in [2.75, 3.05) is 0 Å². The Morgan fingerprint density at radius 3 is 2.12 bits per heavy atom. The summed E-state index contributed by atoms with van der Waals surface area (Å²) in [6.07, 6.45) is 0. The molecular formula is C15H11Br. The Balaban J connectivity index is 2.60.